The Kier molecular flexibility index (Phi) is 3.47. The molecule has 0 bridgehead atoms. The number of phenols is 1. The van der Waals surface area contributed by atoms with Gasteiger partial charge in [-0.1, -0.05) is 5.16 Å². The van der Waals surface area contributed by atoms with Gasteiger partial charge in [0.2, 0.25) is 0 Å². The lowest BCUT2D eigenvalue weighted by Gasteiger charge is -2.06. The minimum atomic E-state index is -1.14. The number of hydrogen-bond donors (Lipinski definition) is 2. The highest BCUT2D eigenvalue weighted by Gasteiger charge is 2.26. The molecule has 6 nitrogen and oxygen atoms in total. The van der Waals surface area contributed by atoms with Crippen molar-refractivity contribution in [2.45, 2.75) is 0 Å². The van der Waals surface area contributed by atoms with Crippen molar-refractivity contribution in [3.05, 3.63) is 35.0 Å². The number of likely N-dealkylation sites (N-methyl/N-ethyl adjacent to an activating group) is 1. The zero-order valence-electron chi connectivity index (χ0n) is 10.2. The zero-order chi connectivity index (χ0) is 14.9. The molecule has 2 N–H and O–H groups in total. The summed E-state index contributed by atoms with van der Waals surface area (Å²) in [5.74, 6) is -3.80. The van der Waals surface area contributed by atoms with Crippen LogP contribution in [0, 0.1) is 11.6 Å². The van der Waals surface area contributed by atoms with E-state index < -0.39 is 23.3 Å². The Hall–Kier alpha value is -2.77. The van der Waals surface area contributed by atoms with Crippen molar-refractivity contribution in [2.75, 3.05) is 7.05 Å². The number of rotatable bonds is 2. The first-order chi connectivity index (χ1) is 9.43. The fraction of sp³-hybridized carbons (Fsp3) is 0.0833. The molecule has 0 saturated heterocycles. The number of aromatic hydroxyl groups is 1. The van der Waals surface area contributed by atoms with Crippen LogP contribution >= 0.6 is 0 Å². The number of aliphatic imine (C=N–C) groups is 1. The Labute approximate surface area is 112 Å². The molecule has 20 heavy (non-hydrogen) atoms. The maximum absolute atomic E-state index is 13.2. The van der Waals surface area contributed by atoms with Crippen LogP contribution in [0.15, 0.2) is 28.0 Å². The summed E-state index contributed by atoms with van der Waals surface area (Å²) < 4.78 is 26.4. The highest BCUT2D eigenvalue weighted by molar-refractivity contribution is 6.37. The third-order valence-electron chi connectivity index (χ3n) is 2.62. The first-order valence-electron chi connectivity index (χ1n) is 5.38. The lowest BCUT2D eigenvalue weighted by atomic mass is 10.1. The lowest BCUT2D eigenvalue weighted by molar-refractivity contribution is -0.121. The van der Waals surface area contributed by atoms with Crippen molar-refractivity contribution in [1.29, 1.82) is 0 Å². The van der Waals surface area contributed by atoms with Crippen molar-refractivity contribution in [3.63, 3.8) is 0 Å². The summed E-state index contributed by atoms with van der Waals surface area (Å²) in [5, 5.41) is 20.1. The third kappa shape index (κ3) is 2.35. The molecule has 1 heterocycles. The predicted octanol–water partition coefficient (Wildman–Crippen LogP) is 1.34. The standard InChI is InChI=1S/C12H9F2N3O3/c1-17-10(5-15-20)16-9(12(17)19)4-6-2-7(13)11(18)8(14)3-6/h2-5,18,20H,1H3/b9-4+,15-5+. The Morgan fingerprint density at radius 3 is 2.50 bits per heavy atom. The summed E-state index contributed by atoms with van der Waals surface area (Å²) in [5.41, 5.74) is -0.0487. The SMILES string of the molecule is CN1C(=O)/C(=C\c2cc(F)c(O)c(F)c2)N=C1/C=N/O. The van der Waals surface area contributed by atoms with Crippen LogP contribution in [-0.2, 0) is 4.79 Å². The molecular formula is C12H9F2N3O3. The van der Waals surface area contributed by atoms with Crippen LogP contribution in [0.5, 0.6) is 5.75 Å². The molecule has 8 heteroatoms. The molecule has 0 radical (unpaired) electrons. The van der Waals surface area contributed by atoms with Crippen molar-refractivity contribution >= 4 is 24.0 Å². The summed E-state index contributed by atoms with van der Waals surface area (Å²) in [6.07, 6.45) is 2.11. The summed E-state index contributed by atoms with van der Waals surface area (Å²) in [6, 6.07) is 1.73. The third-order valence-corrected chi connectivity index (χ3v) is 2.62. The number of amidine groups is 1. The maximum Gasteiger partial charge on any atom is 0.277 e. The molecule has 0 saturated carbocycles. The maximum atomic E-state index is 13.2. The number of benzene rings is 1. The van der Waals surface area contributed by atoms with Crippen molar-refractivity contribution < 1.29 is 23.9 Å². The molecule has 0 aromatic heterocycles. The molecule has 1 aromatic rings. The average Bonchev–Trinajstić information content (AvgIpc) is 2.65. The van der Waals surface area contributed by atoms with Crippen LogP contribution in [0.4, 0.5) is 8.78 Å². The highest BCUT2D eigenvalue weighted by atomic mass is 19.1. The van der Waals surface area contributed by atoms with Crippen LogP contribution in [0.2, 0.25) is 0 Å². The van der Waals surface area contributed by atoms with Crippen LogP contribution in [0.1, 0.15) is 5.56 Å². The number of carbonyl (C=O) groups is 1. The molecule has 0 atom stereocenters. The predicted molar refractivity (Wildman–Crippen MR) is 66.5 cm³/mol. The van der Waals surface area contributed by atoms with Gasteiger partial charge in [0.25, 0.3) is 5.91 Å². The molecule has 0 aliphatic carbocycles. The van der Waals surface area contributed by atoms with E-state index in [9.17, 15) is 13.6 Å². The van der Waals surface area contributed by atoms with Gasteiger partial charge in [-0.3, -0.25) is 9.69 Å². The molecule has 2 rings (SSSR count). The summed E-state index contributed by atoms with van der Waals surface area (Å²) in [7, 11) is 1.40. The molecule has 1 amide bonds. The zero-order valence-corrected chi connectivity index (χ0v) is 10.2. The van der Waals surface area contributed by atoms with E-state index in [0.717, 1.165) is 29.3 Å². The van der Waals surface area contributed by atoms with Gasteiger partial charge in [-0.25, -0.2) is 13.8 Å². The van der Waals surface area contributed by atoms with Gasteiger partial charge < -0.3 is 10.3 Å². The molecule has 0 fully saturated rings. The van der Waals surface area contributed by atoms with E-state index in [1.54, 1.807) is 0 Å². The summed E-state index contributed by atoms with van der Waals surface area (Å²) in [6.45, 7) is 0. The lowest BCUT2D eigenvalue weighted by Crippen LogP contribution is -2.28. The molecule has 1 aliphatic rings. The Balaban J connectivity index is 2.44. The average molecular weight is 281 g/mol. The first kappa shape index (κ1) is 13.7. The molecular weight excluding hydrogens is 272 g/mol. The second-order valence-electron chi connectivity index (χ2n) is 3.94. The van der Waals surface area contributed by atoms with E-state index in [0.29, 0.717) is 0 Å². The van der Waals surface area contributed by atoms with E-state index in [1.165, 1.54) is 7.05 Å². The Morgan fingerprint density at radius 1 is 1.35 bits per heavy atom. The number of carbonyl (C=O) groups excluding carboxylic acids is 1. The van der Waals surface area contributed by atoms with Crippen molar-refractivity contribution in [2.24, 2.45) is 10.1 Å². The second-order valence-corrected chi connectivity index (χ2v) is 3.94. The normalized spacial score (nSPS) is 17.4. The number of amides is 1. The van der Waals surface area contributed by atoms with Gasteiger partial charge in [-0.2, -0.15) is 0 Å². The van der Waals surface area contributed by atoms with Gasteiger partial charge in [0.05, 0.1) is 0 Å². The first-order valence-corrected chi connectivity index (χ1v) is 5.38. The van der Waals surface area contributed by atoms with Gasteiger partial charge in [0.1, 0.15) is 11.9 Å². The number of oxime groups is 1. The topological polar surface area (TPSA) is 85.5 Å². The van der Waals surface area contributed by atoms with Gasteiger partial charge >= 0.3 is 0 Å². The van der Waals surface area contributed by atoms with E-state index in [4.69, 9.17) is 10.3 Å². The molecule has 104 valence electrons. The van der Waals surface area contributed by atoms with Crippen LogP contribution in [0.3, 0.4) is 0 Å². The van der Waals surface area contributed by atoms with Gasteiger partial charge in [-0.15, -0.1) is 0 Å². The number of hydrogen-bond acceptors (Lipinski definition) is 5. The van der Waals surface area contributed by atoms with E-state index >= 15 is 0 Å². The monoisotopic (exact) mass is 281 g/mol. The minimum Gasteiger partial charge on any atom is -0.503 e. The quantitative estimate of drug-likeness (QED) is 0.371. The summed E-state index contributed by atoms with van der Waals surface area (Å²) >= 11 is 0. The number of phenolic OH excluding ortho intramolecular Hbond substituents is 1. The molecule has 0 unspecified atom stereocenters. The van der Waals surface area contributed by atoms with E-state index in [2.05, 4.69) is 10.1 Å². The van der Waals surface area contributed by atoms with Gasteiger partial charge in [0, 0.05) is 7.05 Å². The van der Waals surface area contributed by atoms with Crippen LogP contribution in [0.25, 0.3) is 6.08 Å². The highest BCUT2D eigenvalue weighted by Crippen LogP contribution is 2.24. The van der Waals surface area contributed by atoms with Crippen LogP contribution < -0.4 is 0 Å². The summed E-state index contributed by atoms with van der Waals surface area (Å²) in [4.78, 5) is 16.8. The largest absolute Gasteiger partial charge is 0.503 e. The molecule has 1 aromatic carbocycles. The second kappa shape index (κ2) is 5.08. The fourth-order valence-corrected chi connectivity index (χ4v) is 1.61. The van der Waals surface area contributed by atoms with Gasteiger partial charge in [-0.05, 0) is 23.8 Å². The van der Waals surface area contributed by atoms with Gasteiger partial charge in [0.15, 0.2) is 23.2 Å². The minimum absolute atomic E-state index is 0.0282. The van der Waals surface area contributed by atoms with Crippen LogP contribution in [-0.4, -0.2) is 40.2 Å². The van der Waals surface area contributed by atoms with Crippen molar-refractivity contribution in [3.8, 4) is 5.75 Å². The smallest absolute Gasteiger partial charge is 0.277 e. The fourth-order valence-electron chi connectivity index (χ4n) is 1.61. The van der Waals surface area contributed by atoms with E-state index in [1.807, 2.05) is 0 Å². The number of nitrogens with zero attached hydrogens (tertiary/aromatic N) is 3. The van der Waals surface area contributed by atoms with E-state index in [-0.39, 0.29) is 17.1 Å². The molecule has 1 aliphatic heterocycles. The Bertz CT molecular complexity index is 645. The number of halogens is 2. The van der Waals surface area contributed by atoms with Crippen molar-refractivity contribution in [1.82, 2.24) is 4.90 Å². The Morgan fingerprint density at radius 2 is 1.95 bits per heavy atom. The molecule has 0 spiro atoms.